The molecule has 0 radical (unpaired) electrons. The molecule has 0 bridgehead atoms. The summed E-state index contributed by atoms with van der Waals surface area (Å²) in [5.74, 6) is 1.74. The molecule has 100 valence electrons. The third kappa shape index (κ3) is 4.31. The summed E-state index contributed by atoms with van der Waals surface area (Å²) in [6, 6.07) is 10.4. The van der Waals surface area contributed by atoms with Gasteiger partial charge in [0.25, 0.3) is 0 Å². The van der Waals surface area contributed by atoms with E-state index in [1.165, 1.54) is 11.1 Å². The van der Waals surface area contributed by atoms with E-state index in [4.69, 9.17) is 0 Å². The molecule has 0 amide bonds. The van der Waals surface area contributed by atoms with Crippen LogP contribution in [0.2, 0.25) is 0 Å². The Balaban J connectivity index is 2.04. The Bertz CT molecular complexity index is 538. The van der Waals surface area contributed by atoms with Gasteiger partial charge in [0.1, 0.15) is 16.2 Å². The molecule has 1 N–H and O–H groups in total. The quantitative estimate of drug-likeness (QED) is 0.843. The lowest BCUT2D eigenvalue weighted by atomic mass is 10.1. The van der Waals surface area contributed by atoms with Crippen LogP contribution in [-0.4, -0.2) is 9.97 Å². The average molecular weight is 320 g/mol. The van der Waals surface area contributed by atoms with Crippen LogP contribution in [0, 0.1) is 6.92 Å². The molecular weight excluding hydrogens is 302 g/mol. The highest BCUT2D eigenvalue weighted by atomic mass is 79.9. The first-order valence-electron chi connectivity index (χ1n) is 6.50. The highest BCUT2D eigenvalue weighted by Gasteiger charge is 2.02. The van der Waals surface area contributed by atoms with Gasteiger partial charge in [0.05, 0.1) is 0 Å². The highest BCUT2D eigenvalue weighted by molar-refractivity contribution is 9.10. The van der Waals surface area contributed by atoms with E-state index < -0.39 is 0 Å². The maximum atomic E-state index is 4.50. The van der Waals surface area contributed by atoms with Gasteiger partial charge in [0.2, 0.25) is 0 Å². The Morgan fingerprint density at radius 3 is 2.58 bits per heavy atom. The average Bonchev–Trinajstić information content (AvgIpc) is 2.38. The lowest BCUT2D eigenvalue weighted by molar-refractivity contribution is 0.828. The minimum atomic E-state index is 0.773. The topological polar surface area (TPSA) is 37.8 Å². The molecule has 0 unspecified atom stereocenters. The smallest absolute Gasteiger partial charge is 0.132 e. The van der Waals surface area contributed by atoms with E-state index >= 15 is 0 Å². The maximum absolute atomic E-state index is 4.50. The highest BCUT2D eigenvalue weighted by Crippen LogP contribution is 2.14. The third-order valence-corrected chi connectivity index (χ3v) is 3.22. The zero-order valence-corrected chi connectivity index (χ0v) is 12.9. The zero-order chi connectivity index (χ0) is 13.7. The number of aromatic nitrogens is 2. The first-order valence-corrected chi connectivity index (χ1v) is 7.29. The lowest BCUT2D eigenvalue weighted by Crippen LogP contribution is -2.04. The summed E-state index contributed by atoms with van der Waals surface area (Å²) in [5, 5.41) is 3.34. The fourth-order valence-corrected chi connectivity index (χ4v) is 2.21. The number of nitrogens with zero attached hydrogens (tertiary/aromatic N) is 2. The van der Waals surface area contributed by atoms with Crippen LogP contribution in [-0.2, 0) is 13.0 Å². The fraction of sp³-hybridized carbons (Fsp3) is 0.333. The van der Waals surface area contributed by atoms with Gasteiger partial charge in [-0.25, -0.2) is 9.97 Å². The lowest BCUT2D eigenvalue weighted by Gasteiger charge is -2.08. The van der Waals surface area contributed by atoms with Crippen molar-refractivity contribution < 1.29 is 0 Å². The molecule has 2 aromatic rings. The van der Waals surface area contributed by atoms with Crippen LogP contribution in [0.15, 0.2) is 34.9 Å². The molecule has 4 heteroatoms. The largest absolute Gasteiger partial charge is 0.366 e. The first kappa shape index (κ1) is 14.0. The third-order valence-electron chi connectivity index (χ3n) is 2.81. The Morgan fingerprint density at radius 1 is 1.16 bits per heavy atom. The number of hydrogen-bond acceptors (Lipinski definition) is 3. The predicted octanol–water partition coefficient (Wildman–Crippen LogP) is 4.11. The molecule has 0 saturated carbocycles. The fourth-order valence-electron chi connectivity index (χ4n) is 1.79. The molecular formula is C15H18BrN3. The standard InChI is InChI=1S/C15H18BrN3/c1-3-4-14-18-13(16)9-15(19-14)17-10-12-7-5-11(2)6-8-12/h5-9H,3-4,10H2,1-2H3,(H,17,18,19). The summed E-state index contributed by atoms with van der Waals surface area (Å²) in [7, 11) is 0. The van der Waals surface area contributed by atoms with Crippen molar-refractivity contribution in [3.8, 4) is 0 Å². The molecule has 1 heterocycles. The van der Waals surface area contributed by atoms with Crippen molar-refractivity contribution in [3.05, 3.63) is 51.9 Å². The SMILES string of the molecule is CCCc1nc(Br)cc(NCc2ccc(C)cc2)n1. The first-order chi connectivity index (χ1) is 9.17. The second-order valence-corrected chi connectivity index (χ2v) is 5.39. The van der Waals surface area contributed by atoms with Gasteiger partial charge in [-0.3, -0.25) is 0 Å². The predicted molar refractivity (Wildman–Crippen MR) is 82.2 cm³/mol. The molecule has 0 spiro atoms. The summed E-state index contributed by atoms with van der Waals surface area (Å²) in [4.78, 5) is 8.86. The van der Waals surface area contributed by atoms with Gasteiger partial charge in [-0.15, -0.1) is 0 Å². The molecule has 0 saturated heterocycles. The number of aryl methyl sites for hydroxylation is 2. The van der Waals surface area contributed by atoms with Crippen molar-refractivity contribution in [3.63, 3.8) is 0 Å². The van der Waals surface area contributed by atoms with Crippen molar-refractivity contribution in [1.82, 2.24) is 9.97 Å². The second kappa shape index (κ2) is 6.66. The van der Waals surface area contributed by atoms with Crippen molar-refractivity contribution in [1.29, 1.82) is 0 Å². The Morgan fingerprint density at radius 2 is 1.89 bits per heavy atom. The van der Waals surface area contributed by atoms with Crippen molar-refractivity contribution in [2.45, 2.75) is 33.2 Å². The number of anilines is 1. The Labute approximate surface area is 122 Å². The number of halogens is 1. The van der Waals surface area contributed by atoms with Gasteiger partial charge in [-0.2, -0.15) is 0 Å². The Kier molecular flexibility index (Phi) is 4.91. The van der Waals surface area contributed by atoms with Gasteiger partial charge in [-0.05, 0) is 34.8 Å². The van der Waals surface area contributed by atoms with Crippen LogP contribution in [0.1, 0.15) is 30.3 Å². The molecule has 3 nitrogen and oxygen atoms in total. The number of nitrogens with one attached hydrogen (secondary N) is 1. The Hall–Kier alpha value is -1.42. The van der Waals surface area contributed by atoms with Gasteiger partial charge >= 0.3 is 0 Å². The minimum Gasteiger partial charge on any atom is -0.366 e. The summed E-state index contributed by atoms with van der Waals surface area (Å²) < 4.78 is 0.831. The van der Waals surface area contributed by atoms with Gasteiger partial charge in [-0.1, -0.05) is 36.8 Å². The van der Waals surface area contributed by atoms with E-state index in [9.17, 15) is 0 Å². The van der Waals surface area contributed by atoms with Crippen LogP contribution >= 0.6 is 15.9 Å². The molecule has 19 heavy (non-hydrogen) atoms. The molecule has 0 aliphatic rings. The van der Waals surface area contributed by atoms with Crippen LogP contribution < -0.4 is 5.32 Å². The van der Waals surface area contributed by atoms with Crippen molar-refractivity contribution in [2.75, 3.05) is 5.32 Å². The summed E-state index contributed by atoms with van der Waals surface area (Å²) in [6.07, 6.45) is 1.95. The van der Waals surface area contributed by atoms with E-state index in [2.05, 4.69) is 69.3 Å². The number of hydrogen-bond donors (Lipinski definition) is 1. The summed E-state index contributed by atoms with van der Waals surface area (Å²) >= 11 is 3.43. The molecule has 1 aromatic heterocycles. The summed E-state index contributed by atoms with van der Waals surface area (Å²) in [5.41, 5.74) is 2.52. The number of benzene rings is 1. The van der Waals surface area contributed by atoms with Crippen LogP contribution in [0.4, 0.5) is 5.82 Å². The van der Waals surface area contributed by atoms with Gasteiger partial charge in [0.15, 0.2) is 0 Å². The molecule has 0 atom stereocenters. The number of rotatable bonds is 5. The van der Waals surface area contributed by atoms with Crippen LogP contribution in [0.3, 0.4) is 0 Å². The van der Waals surface area contributed by atoms with Crippen LogP contribution in [0.5, 0.6) is 0 Å². The van der Waals surface area contributed by atoms with Gasteiger partial charge < -0.3 is 5.32 Å². The molecule has 1 aromatic carbocycles. The maximum Gasteiger partial charge on any atom is 0.132 e. The van der Waals surface area contributed by atoms with Crippen molar-refractivity contribution >= 4 is 21.7 Å². The molecule has 2 rings (SSSR count). The van der Waals surface area contributed by atoms with Crippen molar-refractivity contribution in [2.24, 2.45) is 0 Å². The van der Waals surface area contributed by atoms with E-state index in [0.717, 1.165) is 35.6 Å². The zero-order valence-electron chi connectivity index (χ0n) is 11.3. The van der Waals surface area contributed by atoms with E-state index in [1.807, 2.05) is 6.07 Å². The van der Waals surface area contributed by atoms with Crippen LogP contribution in [0.25, 0.3) is 0 Å². The monoisotopic (exact) mass is 319 g/mol. The van der Waals surface area contributed by atoms with E-state index in [1.54, 1.807) is 0 Å². The molecule has 0 aliphatic heterocycles. The second-order valence-electron chi connectivity index (χ2n) is 4.58. The molecule has 0 fully saturated rings. The van der Waals surface area contributed by atoms with E-state index in [0.29, 0.717) is 0 Å². The van der Waals surface area contributed by atoms with E-state index in [-0.39, 0.29) is 0 Å². The normalized spacial score (nSPS) is 10.5. The minimum absolute atomic E-state index is 0.773. The summed E-state index contributed by atoms with van der Waals surface area (Å²) in [6.45, 7) is 4.99. The molecule has 0 aliphatic carbocycles. The van der Waals surface area contributed by atoms with Gasteiger partial charge in [0, 0.05) is 19.0 Å².